The minimum atomic E-state index is -0.0230. The monoisotopic (exact) mass is 1760 g/mol. The maximum atomic E-state index is 5.67. The zero-order valence-corrected chi connectivity index (χ0v) is 85.6. The molecule has 672 valence electrons. The van der Waals surface area contributed by atoms with Crippen LogP contribution in [0.4, 0.5) is 0 Å². The molecule has 132 heavy (non-hydrogen) atoms. The Morgan fingerprint density at radius 2 is 0.727 bits per heavy atom. The molecule has 0 saturated heterocycles. The molecule has 18 aromatic rings. The van der Waals surface area contributed by atoms with E-state index in [1.807, 2.05) is 17.4 Å². The summed E-state index contributed by atoms with van der Waals surface area (Å²) in [6.45, 7) is 61.0. The summed E-state index contributed by atoms with van der Waals surface area (Å²) in [5.74, 6) is 1.62. The maximum absolute atomic E-state index is 5.67. The Labute approximate surface area is 790 Å². The molecule has 3 aliphatic rings. The number of thiophene rings is 1. The Morgan fingerprint density at radius 3 is 1.18 bits per heavy atom. The van der Waals surface area contributed by atoms with Crippen LogP contribution in [0.25, 0.3) is 142 Å². The van der Waals surface area contributed by atoms with Gasteiger partial charge in [-0.1, -0.05) is 233 Å². The number of nitrogens with zero attached hydrogens (tertiary/aromatic N) is 5. The van der Waals surface area contributed by atoms with E-state index in [0.29, 0.717) is 0 Å². The van der Waals surface area contributed by atoms with E-state index in [1.165, 1.54) is 234 Å². The fourth-order valence-electron chi connectivity index (χ4n) is 21.4. The van der Waals surface area contributed by atoms with Crippen molar-refractivity contribution in [3.05, 3.63) is 336 Å². The smallest absolute Gasteiger partial charge is 0.220 e. The molecule has 0 spiro atoms. The third-order valence-electron chi connectivity index (χ3n) is 29.8. The maximum Gasteiger partial charge on any atom is 0.220 e. The van der Waals surface area contributed by atoms with Crippen molar-refractivity contribution in [2.45, 2.75) is 251 Å². The van der Waals surface area contributed by atoms with Gasteiger partial charge in [0.05, 0.1) is 55.8 Å². The van der Waals surface area contributed by atoms with Gasteiger partial charge in [0.15, 0.2) is 22.8 Å². The molecule has 2 unspecified atom stereocenters. The van der Waals surface area contributed by atoms with E-state index >= 15 is 0 Å². The molecular formula is C125H139N5OS+4. The highest BCUT2D eigenvalue weighted by molar-refractivity contribution is 7.17. The number of hydrogen-bond acceptors (Lipinski definition) is 3. The summed E-state index contributed by atoms with van der Waals surface area (Å²) in [4.78, 5) is 4.99. The van der Waals surface area contributed by atoms with E-state index < -0.39 is 0 Å². The summed E-state index contributed by atoms with van der Waals surface area (Å²) in [6, 6.07) is 82.5. The first-order chi connectivity index (χ1) is 62.1. The third-order valence-corrected chi connectivity index (χ3v) is 30.7. The second-order valence-corrected chi connectivity index (χ2v) is 45.8. The lowest BCUT2D eigenvalue weighted by atomic mass is 9.67. The number of rotatable bonds is 4. The molecule has 0 amide bonds. The highest BCUT2D eigenvalue weighted by Gasteiger charge is 2.40. The molecule has 2 atom stereocenters. The molecule has 7 heteroatoms. The van der Waals surface area contributed by atoms with Crippen LogP contribution in [0.2, 0.25) is 0 Å². The normalized spacial score (nSPS) is 14.6. The first kappa shape index (κ1) is 92.1. The van der Waals surface area contributed by atoms with Crippen LogP contribution in [0, 0.1) is 69.2 Å². The number of fused-ring (bicyclic) bond motifs is 14. The fourth-order valence-corrected chi connectivity index (χ4v) is 22.2. The summed E-state index contributed by atoms with van der Waals surface area (Å²) in [5.41, 5.74) is 40.6. The summed E-state index contributed by atoms with van der Waals surface area (Å²) >= 11 is 1.82. The molecule has 11 aromatic carbocycles. The van der Waals surface area contributed by atoms with E-state index in [1.54, 1.807) is 17.4 Å². The standard InChI is InChI=1S/C27H32N.C26H28N.C24H26NO.C24H26NS.C24H27N/c1-16-11-24-18-7-8-19(13-18)25(24)15-23(16)26-22-10-9-21(27(3,4)5)14-20(22)12-17(2)28(26)6;1-17-13-19-9-7-8-10-20(19)16-24(17)25-23-12-11-22(26(3,4)5)15-21(23)14-18(2)27(25)6;2*1-15-11-17-9-10-26-22(17)14-21(15)23-20-8-7-19(24(3,4)5)13-18(20)12-16(2)25(23)6;1-14-9-8-10-18-20(14)22-21-16(11-15(2)25-22)12-17(23(3,4)5)13-19(21)24(18,6)7/h9-12,14-15,18-19H,7-8,13H2,1-6H3;7-16H,1-6H3;2*7-14H,1-6H3;8-13H,1-7H3/q4*+1;. The third kappa shape index (κ3) is 17.1. The average molecular weight is 1760 g/mol. The van der Waals surface area contributed by atoms with Gasteiger partial charge in [0, 0.05) is 84.1 Å². The molecule has 21 rings (SSSR count). The Hall–Kier alpha value is -11.8. The zero-order valence-electron chi connectivity index (χ0n) is 84.8. The van der Waals surface area contributed by atoms with E-state index in [-0.39, 0.29) is 32.5 Å². The predicted octanol–water partition coefficient (Wildman–Crippen LogP) is 31.9. The van der Waals surface area contributed by atoms with Crippen molar-refractivity contribution < 1.29 is 22.7 Å². The minimum Gasteiger partial charge on any atom is -0.464 e. The number of pyridine rings is 5. The largest absolute Gasteiger partial charge is 0.464 e. The van der Waals surface area contributed by atoms with Crippen LogP contribution in [0.3, 0.4) is 0 Å². The van der Waals surface area contributed by atoms with Gasteiger partial charge in [-0.15, -0.1) is 11.3 Å². The Balaban J connectivity index is 0.000000115. The molecule has 0 N–H and O–H groups in total. The lowest BCUT2D eigenvalue weighted by molar-refractivity contribution is -0.665. The van der Waals surface area contributed by atoms with Gasteiger partial charge < -0.3 is 4.42 Å². The second kappa shape index (κ2) is 34.1. The highest BCUT2D eigenvalue weighted by Crippen LogP contribution is 2.55. The Morgan fingerprint density at radius 1 is 0.333 bits per heavy atom. The van der Waals surface area contributed by atoms with Gasteiger partial charge in [0.25, 0.3) is 0 Å². The number of aryl methyl sites for hydroxylation is 10. The molecule has 0 aliphatic heterocycles. The molecule has 0 radical (unpaired) electrons. The fraction of sp³-hybridized carbons (Fsp3) is 0.336. The van der Waals surface area contributed by atoms with E-state index in [9.17, 15) is 0 Å². The Bertz CT molecular complexity index is 7520. The number of furan rings is 1. The molecule has 1 fully saturated rings. The molecular weight excluding hydrogens is 1620 g/mol. The van der Waals surface area contributed by atoms with E-state index in [4.69, 9.17) is 9.40 Å². The minimum absolute atomic E-state index is 0.0230. The lowest BCUT2D eigenvalue weighted by Gasteiger charge is -2.37. The first-order valence-electron chi connectivity index (χ1n) is 48.0. The van der Waals surface area contributed by atoms with Crippen LogP contribution in [0.1, 0.15) is 255 Å². The van der Waals surface area contributed by atoms with Gasteiger partial charge in [-0.3, -0.25) is 4.98 Å². The number of benzene rings is 11. The van der Waals surface area contributed by atoms with Crippen LogP contribution < -0.4 is 18.3 Å². The van der Waals surface area contributed by atoms with Crippen LogP contribution >= 0.6 is 11.3 Å². The van der Waals surface area contributed by atoms with Crippen molar-refractivity contribution in [3.8, 4) is 56.3 Å². The average Bonchev–Trinajstić information content (AvgIpc) is 0.770. The topological polar surface area (TPSA) is 41.6 Å². The van der Waals surface area contributed by atoms with Crippen molar-refractivity contribution in [2.75, 3.05) is 0 Å². The number of hydrogen-bond donors (Lipinski definition) is 0. The predicted molar refractivity (Wildman–Crippen MR) is 564 cm³/mol. The summed E-state index contributed by atoms with van der Waals surface area (Å²) in [6.07, 6.45) is 5.93. The summed E-state index contributed by atoms with van der Waals surface area (Å²) < 4.78 is 16.4. The molecule has 7 aromatic heterocycles. The van der Waals surface area contributed by atoms with Crippen LogP contribution in [0.15, 0.2) is 234 Å². The van der Waals surface area contributed by atoms with Gasteiger partial charge in [-0.25, -0.2) is 0 Å². The van der Waals surface area contributed by atoms with Gasteiger partial charge in [-0.2, -0.15) is 18.3 Å². The quantitative estimate of drug-likeness (QED) is 0.165. The number of aromatic nitrogens is 5. The van der Waals surface area contributed by atoms with Crippen LogP contribution in [-0.2, 0) is 60.7 Å². The van der Waals surface area contributed by atoms with Crippen LogP contribution in [-0.4, -0.2) is 4.98 Å². The molecule has 1 saturated carbocycles. The van der Waals surface area contributed by atoms with E-state index in [2.05, 4.69) is 451 Å². The van der Waals surface area contributed by atoms with Gasteiger partial charge in [0.1, 0.15) is 33.8 Å². The van der Waals surface area contributed by atoms with Crippen LogP contribution in [0.5, 0.6) is 0 Å². The zero-order chi connectivity index (χ0) is 94.6. The second-order valence-electron chi connectivity index (χ2n) is 44.9. The summed E-state index contributed by atoms with van der Waals surface area (Å²) in [7, 11) is 8.73. The van der Waals surface area contributed by atoms with Gasteiger partial charge >= 0.3 is 0 Å². The first-order valence-corrected chi connectivity index (χ1v) is 48.9. The molecule has 7 heterocycles. The van der Waals surface area contributed by atoms with E-state index in [0.717, 1.165) is 34.2 Å². The van der Waals surface area contributed by atoms with Crippen molar-refractivity contribution in [3.63, 3.8) is 0 Å². The molecule has 2 bridgehead atoms. The van der Waals surface area contributed by atoms with Crippen molar-refractivity contribution in [1.82, 2.24) is 4.98 Å². The van der Waals surface area contributed by atoms with Crippen molar-refractivity contribution in [2.24, 2.45) is 28.2 Å². The van der Waals surface area contributed by atoms with Gasteiger partial charge in [-0.05, 0) is 305 Å². The molecule has 3 aliphatic carbocycles. The molecule has 6 nitrogen and oxygen atoms in total. The summed E-state index contributed by atoms with van der Waals surface area (Å²) in [5, 5.41) is 20.5. The lowest BCUT2D eigenvalue weighted by Crippen LogP contribution is -2.35. The highest BCUT2D eigenvalue weighted by atomic mass is 32.1. The SMILES string of the molecule is Cc1cc2c(cc1-c1c3ccc(C(C)(C)C)cc3cc(C)[n+]1C)C1CCC2C1.Cc1cc2cc(C(C)(C)C)cc3c2c(n1)-c1c(C)cccc1C3(C)C.Cc1cc2ccccc2cc1-c1c2ccc(C(C)(C)C)cc2cc(C)[n+]1C.Cc1cc2ccoc2cc1-c1c2ccc(C(C)(C)C)cc2cc(C)[n+]1C.Cc1cc2ccsc2cc1-c1c2ccc(C(C)(C)C)cc2cc(C)[n+]1C. The Kier molecular flexibility index (Phi) is 23.8. The van der Waals surface area contributed by atoms with Crippen molar-refractivity contribution >= 4 is 97.0 Å². The van der Waals surface area contributed by atoms with Gasteiger partial charge in [0.2, 0.25) is 22.8 Å². The van der Waals surface area contributed by atoms with Crippen molar-refractivity contribution in [1.29, 1.82) is 0 Å².